The molecule has 1 amide bonds. The number of carbonyl (C=O) groups excluding carboxylic acids is 1. The van der Waals surface area contributed by atoms with Gasteiger partial charge in [0.25, 0.3) is 16.4 Å². The maximum absolute atomic E-state index is 14.2. The van der Waals surface area contributed by atoms with E-state index < -0.39 is 45.6 Å². The van der Waals surface area contributed by atoms with Crippen molar-refractivity contribution in [1.29, 1.82) is 0 Å². The van der Waals surface area contributed by atoms with Crippen LogP contribution in [0.1, 0.15) is 69.7 Å². The van der Waals surface area contributed by atoms with Crippen molar-refractivity contribution >= 4 is 43.9 Å². The molecule has 1 aliphatic rings. The number of aryl methyl sites for hydroxylation is 1. The normalized spacial score (nSPS) is 17.2. The van der Waals surface area contributed by atoms with Crippen LogP contribution >= 0.6 is 0 Å². The van der Waals surface area contributed by atoms with Crippen LogP contribution in [0, 0.1) is 6.92 Å². The van der Waals surface area contributed by atoms with Crippen molar-refractivity contribution in [1.82, 2.24) is 24.2 Å². The van der Waals surface area contributed by atoms with E-state index in [1.54, 1.807) is 39.8 Å². The number of aromatic nitrogens is 4. The maximum atomic E-state index is 14.2. The molecule has 6 rings (SSSR count). The number of halogens is 5. The highest BCUT2D eigenvalue weighted by molar-refractivity contribution is 7.90. The number of carbonyl (C=O) groups is 1. The van der Waals surface area contributed by atoms with E-state index in [9.17, 15) is 35.2 Å². The number of nitrogens with one attached hydrogen (secondary N) is 2. The summed E-state index contributed by atoms with van der Waals surface area (Å²) >= 11 is 0. The molecule has 0 spiro atoms. The Labute approximate surface area is 290 Å². The summed E-state index contributed by atoms with van der Waals surface area (Å²) < 4.78 is 104. The zero-order valence-electron chi connectivity index (χ0n) is 28.1. The number of amides is 1. The Morgan fingerprint density at radius 2 is 1.63 bits per heavy atom. The summed E-state index contributed by atoms with van der Waals surface area (Å²) in [5, 5.41) is 6.05. The number of ether oxygens (including phenoxy) is 1. The number of hydrogen-bond acceptors (Lipinski definition) is 8. The van der Waals surface area contributed by atoms with Gasteiger partial charge in [-0.05, 0) is 64.8 Å². The molecule has 2 aromatic carbocycles. The van der Waals surface area contributed by atoms with Crippen LogP contribution in [0.4, 0.5) is 32.7 Å². The number of rotatable bonds is 7. The highest BCUT2D eigenvalue weighted by Gasteiger charge is 2.33. The van der Waals surface area contributed by atoms with Crippen molar-refractivity contribution in [3.63, 3.8) is 0 Å². The topological polar surface area (TPSA) is 128 Å². The molecule has 16 heteroatoms. The summed E-state index contributed by atoms with van der Waals surface area (Å²) in [5.41, 5.74) is -1.77. The summed E-state index contributed by atoms with van der Waals surface area (Å²) in [6.07, 6.45) is -2.06. The standard InChI is InChI=1S/C35H35F5N6O4S/c1-19-9-12-21(13-10-19)51(48,49)46-18-25(22-14-11-20(15-28(22)46)35(38,39)40)23-16-41-30(31(36)37)24-17-42-32(45-29(23)24)43-26-7-5-6-8-27(26)44-33(47)50-34(2,3)4/h9-18,26-27,31H,5-8H2,1-4H3,(H,44,47)(H,42,43,45). The Bertz CT molecular complexity index is 2220. The van der Waals surface area contributed by atoms with Gasteiger partial charge >= 0.3 is 12.3 Å². The fourth-order valence-electron chi connectivity index (χ4n) is 6.19. The summed E-state index contributed by atoms with van der Waals surface area (Å²) in [4.78, 5) is 25.2. The Morgan fingerprint density at radius 3 is 2.27 bits per heavy atom. The van der Waals surface area contributed by atoms with Gasteiger partial charge in [-0.1, -0.05) is 36.6 Å². The van der Waals surface area contributed by atoms with Crippen molar-refractivity contribution in [2.75, 3.05) is 5.32 Å². The molecule has 2 unspecified atom stereocenters. The average molecular weight is 731 g/mol. The monoisotopic (exact) mass is 730 g/mol. The molecule has 0 radical (unpaired) electrons. The molecule has 5 aromatic rings. The minimum Gasteiger partial charge on any atom is -0.444 e. The molecule has 51 heavy (non-hydrogen) atoms. The van der Waals surface area contributed by atoms with Crippen LogP contribution in [0.2, 0.25) is 0 Å². The first-order valence-corrected chi connectivity index (χ1v) is 17.6. The summed E-state index contributed by atoms with van der Waals surface area (Å²) in [7, 11) is -4.44. The fourth-order valence-corrected chi connectivity index (χ4v) is 7.55. The molecule has 0 saturated heterocycles. The van der Waals surface area contributed by atoms with Gasteiger partial charge in [-0.15, -0.1) is 0 Å². The Balaban J connectivity index is 1.49. The molecule has 3 heterocycles. The van der Waals surface area contributed by atoms with E-state index in [0.29, 0.717) is 12.8 Å². The van der Waals surface area contributed by atoms with Gasteiger partial charge in [-0.2, -0.15) is 13.2 Å². The highest BCUT2D eigenvalue weighted by atomic mass is 32.2. The van der Waals surface area contributed by atoms with Crippen molar-refractivity contribution in [2.45, 2.75) is 88.6 Å². The van der Waals surface area contributed by atoms with Gasteiger partial charge in [0, 0.05) is 46.5 Å². The van der Waals surface area contributed by atoms with Crippen LogP contribution < -0.4 is 10.6 Å². The molecule has 2 atom stereocenters. The molecule has 0 aliphatic heterocycles. The van der Waals surface area contributed by atoms with Gasteiger partial charge in [0.1, 0.15) is 11.3 Å². The highest BCUT2D eigenvalue weighted by Crippen LogP contribution is 2.40. The zero-order chi connectivity index (χ0) is 36.9. The first-order valence-electron chi connectivity index (χ1n) is 16.2. The van der Waals surface area contributed by atoms with Crippen molar-refractivity contribution in [3.05, 3.63) is 77.9 Å². The van der Waals surface area contributed by atoms with Gasteiger partial charge in [0.15, 0.2) is 0 Å². The lowest BCUT2D eigenvalue weighted by Crippen LogP contribution is -2.50. The number of fused-ring (bicyclic) bond motifs is 2. The predicted molar refractivity (Wildman–Crippen MR) is 181 cm³/mol. The largest absolute Gasteiger partial charge is 0.444 e. The van der Waals surface area contributed by atoms with Crippen LogP contribution in [-0.2, 0) is 20.9 Å². The Hall–Kier alpha value is -4.86. The lowest BCUT2D eigenvalue weighted by atomic mass is 9.90. The van der Waals surface area contributed by atoms with E-state index in [4.69, 9.17) is 4.74 Å². The third kappa shape index (κ3) is 7.46. The number of hydrogen-bond donors (Lipinski definition) is 2. The van der Waals surface area contributed by atoms with Crippen LogP contribution in [-0.4, -0.2) is 51.1 Å². The van der Waals surface area contributed by atoms with Gasteiger partial charge in [0.05, 0.1) is 27.5 Å². The molecular formula is C35H35F5N6O4S. The SMILES string of the molecule is Cc1ccc(S(=O)(=O)n2cc(-c3cnc(C(F)F)c4cnc(NC5CCCCC5NC(=O)OC(C)(C)C)nc34)c3ccc(C(F)(F)F)cc32)cc1. The second-order valence-corrected chi connectivity index (χ2v) is 15.3. The maximum Gasteiger partial charge on any atom is 0.416 e. The molecule has 1 saturated carbocycles. The summed E-state index contributed by atoms with van der Waals surface area (Å²) in [6, 6.07) is 7.78. The average Bonchev–Trinajstić information content (AvgIpc) is 3.43. The summed E-state index contributed by atoms with van der Waals surface area (Å²) in [5.74, 6) is 0.0356. The molecular weight excluding hydrogens is 695 g/mol. The number of alkyl carbamates (subject to hydrolysis) is 1. The Kier molecular flexibility index (Phi) is 9.42. The van der Waals surface area contributed by atoms with E-state index in [-0.39, 0.29) is 55.9 Å². The molecule has 1 fully saturated rings. The lowest BCUT2D eigenvalue weighted by Gasteiger charge is -2.33. The third-order valence-electron chi connectivity index (χ3n) is 8.61. The lowest BCUT2D eigenvalue weighted by molar-refractivity contribution is -0.137. The predicted octanol–water partition coefficient (Wildman–Crippen LogP) is 8.40. The Morgan fingerprint density at radius 1 is 0.941 bits per heavy atom. The number of alkyl halides is 5. The van der Waals surface area contributed by atoms with Crippen LogP contribution in [0.3, 0.4) is 0 Å². The minimum absolute atomic E-state index is 0.0306. The molecule has 1 aliphatic carbocycles. The van der Waals surface area contributed by atoms with Crippen molar-refractivity contribution < 1.29 is 39.9 Å². The van der Waals surface area contributed by atoms with E-state index in [0.717, 1.165) is 53.0 Å². The van der Waals surface area contributed by atoms with Gasteiger partial charge < -0.3 is 15.4 Å². The quantitative estimate of drug-likeness (QED) is 0.160. The number of nitrogens with zero attached hydrogens (tertiary/aromatic N) is 4. The smallest absolute Gasteiger partial charge is 0.416 e. The molecule has 10 nitrogen and oxygen atoms in total. The van der Waals surface area contributed by atoms with Gasteiger partial charge in [0.2, 0.25) is 5.95 Å². The van der Waals surface area contributed by atoms with Crippen LogP contribution in [0.15, 0.2) is 66.0 Å². The van der Waals surface area contributed by atoms with Gasteiger partial charge in [-0.3, -0.25) is 4.98 Å². The first kappa shape index (κ1) is 35.9. The third-order valence-corrected chi connectivity index (χ3v) is 10.3. The van der Waals surface area contributed by atoms with Crippen molar-refractivity contribution in [2.24, 2.45) is 0 Å². The van der Waals surface area contributed by atoms with Crippen LogP contribution in [0.5, 0.6) is 0 Å². The van der Waals surface area contributed by atoms with Gasteiger partial charge in [-0.25, -0.2) is 35.9 Å². The van der Waals surface area contributed by atoms with E-state index in [1.807, 2.05) is 0 Å². The second-order valence-electron chi connectivity index (χ2n) is 13.5. The molecule has 3 aromatic heterocycles. The molecule has 2 N–H and O–H groups in total. The number of anilines is 1. The zero-order valence-corrected chi connectivity index (χ0v) is 28.9. The minimum atomic E-state index is -4.78. The van der Waals surface area contributed by atoms with Crippen LogP contribution in [0.25, 0.3) is 32.9 Å². The van der Waals surface area contributed by atoms with E-state index in [2.05, 4.69) is 25.6 Å². The molecule has 270 valence electrons. The molecule has 0 bridgehead atoms. The number of benzene rings is 2. The first-order chi connectivity index (χ1) is 23.9. The second kappa shape index (κ2) is 13.4. The van der Waals surface area contributed by atoms with E-state index >= 15 is 0 Å². The fraction of sp³-hybridized carbons (Fsp3) is 0.371. The summed E-state index contributed by atoms with van der Waals surface area (Å²) in [6.45, 7) is 7.00. The number of pyridine rings is 1. The van der Waals surface area contributed by atoms with E-state index in [1.165, 1.54) is 18.3 Å². The van der Waals surface area contributed by atoms with Crippen molar-refractivity contribution in [3.8, 4) is 11.1 Å².